The number of amides is 1. The van der Waals surface area contributed by atoms with E-state index in [1.54, 1.807) is 31.4 Å². The van der Waals surface area contributed by atoms with E-state index in [4.69, 9.17) is 9.57 Å². The van der Waals surface area contributed by atoms with Gasteiger partial charge in [-0.05, 0) is 37.8 Å². The highest BCUT2D eigenvalue weighted by Crippen LogP contribution is 2.17. The number of methoxy groups -OCH3 is 1. The summed E-state index contributed by atoms with van der Waals surface area (Å²) in [5, 5.41) is 6.50. The summed E-state index contributed by atoms with van der Waals surface area (Å²) in [6, 6.07) is 7.08. The number of benzene rings is 1. The maximum Gasteiger partial charge on any atom is 0.437 e. The number of hydrogen-bond acceptors (Lipinski definition) is 4. The molecule has 1 saturated carbocycles. The normalized spacial score (nSPS) is 14.7. The van der Waals surface area contributed by atoms with Crippen LogP contribution >= 0.6 is 0 Å². The molecule has 1 amide bonds. The van der Waals surface area contributed by atoms with Crippen LogP contribution in [0.2, 0.25) is 0 Å². The number of ether oxygens (including phenoxy) is 1. The topological polar surface area (TPSA) is 59.9 Å². The molecule has 1 aromatic rings. The molecular formula is C14H18N2O3. The lowest BCUT2D eigenvalue weighted by atomic mass is 9.99. The van der Waals surface area contributed by atoms with Crippen molar-refractivity contribution >= 4 is 17.5 Å². The zero-order chi connectivity index (χ0) is 13.5. The molecule has 1 aliphatic carbocycles. The molecule has 2 rings (SSSR count). The highest BCUT2D eigenvalue weighted by molar-refractivity contribution is 5.88. The number of nitrogens with zero attached hydrogens (tertiary/aromatic N) is 1. The lowest BCUT2D eigenvalue weighted by Crippen LogP contribution is -2.13. The lowest BCUT2D eigenvalue weighted by Gasteiger charge is -2.11. The highest BCUT2D eigenvalue weighted by Gasteiger charge is 2.09. The Bertz CT molecular complexity index is 464. The summed E-state index contributed by atoms with van der Waals surface area (Å²) in [6.07, 6.45) is 4.75. The molecule has 19 heavy (non-hydrogen) atoms. The molecule has 5 heteroatoms. The SMILES string of the molecule is COc1cccc(NC(=O)ON=C2CCCCC2)c1. The second-order valence-corrected chi connectivity index (χ2v) is 4.45. The van der Waals surface area contributed by atoms with Gasteiger partial charge in [-0.3, -0.25) is 10.2 Å². The molecule has 1 N–H and O–H groups in total. The second-order valence-electron chi connectivity index (χ2n) is 4.45. The van der Waals surface area contributed by atoms with Crippen LogP contribution in [0, 0.1) is 0 Å². The van der Waals surface area contributed by atoms with E-state index in [0.717, 1.165) is 31.4 Å². The van der Waals surface area contributed by atoms with Gasteiger partial charge in [0.05, 0.1) is 12.8 Å². The first-order valence-corrected chi connectivity index (χ1v) is 6.46. The van der Waals surface area contributed by atoms with Crippen molar-refractivity contribution < 1.29 is 14.4 Å². The van der Waals surface area contributed by atoms with E-state index in [2.05, 4.69) is 10.5 Å². The quantitative estimate of drug-likeness (QED) is 0.669. The molecule has 5 nitrogen and oxygen atoms in total. The first-order chi connectivity index (χ1) is 9.28. The number of hydrogen-bond donors (Lipinski definition) is 1. The van der Waals surface area contributed by atoms with Gasteiger partial charge in [-0.15, -0.1) is 0 Å². The molecule has 102 valence electrons. The van der Waals surface area contributed by atoms with Crippen molar-refractivity contribution in [1.82, 2.24) is 0 Å². The third-order valence-corrected chi connectivity index (χ3v) is 3.00. The van der Waals surface area contributed by atoms with Crippen LogP contribution < -0.4 is 10.1 Å². The number of nitrogens with one attached hydrogen (secondary N) is 1. The van der Waals surface area contributed by atoms with E-state index in [1.807, 2.05) is 0 Å². The summed E-state index contributed by atoms with van der Waals surface area (Å²) in [6.45, 7) is 0. The standard InChI is InChI=1S/C14H18N2O3/c1-18-13-9-5-8-12(10-13)15-14(17)19-16-11-6-3-2-4-7-11/h5,8-10H,2-4,6-7H2,1H3,(H,15,17). The van der Waals surface area contributed by atoms with E-state index >= 15 is 0 Å². The Balaban J connectivity index is 1.86. The lowest BCUT2D eigenvalue weighted by molar-refractivity contribution is 0.165. The van der Waals surface area contributed by atoms with Crippen molar-refractivity contribution in [2.24, 2.45) is 5.16 Å². The van der Waals surface area contributed by atoms with Crippen molar-refractivity contribution in [3.05, 3.63) is 24.3 Å². The molecule has 0 radical (unpaired) electrons. The predicted octanol–water partition coefficient (Wildman–Crippen LogP) is 3.56. The summed E-state index contributed by atoms with van der Waals surface area (Å²) in [7, 11) is 1.58. The van der Waals surface area contributed by atoms with E-state index in [9.17, 15) is 4.79 Å². The number of anilines is 1. The largest absolute Gasteiger partial charge is 0.497 e. The van der Waals surface area contributed by atoms with Crippen LogP contribution in [-0.4, -0.2) is 18.9 Å². The van der Waals surface area contributed by atoms with Gasteiger partial charge in [0.1, 0.15) is 5.75 Å². The first kappa shape index (κ1) is 13.4. The minimum atomic E-state index is -0.577. The zero-order valence-electron chi connectivity index (χ0n) is 11.0. The van der Waals surface area contributed by atoms with Crippen LogP contribution in [0.1, 0.15) is 32.1 Å². The predicted molar refractivity (Wildman–Crippen MR) is 73.6 cm³/mol. The van der Waals surface area contributed by atoms with Crippen molar-refractivity contribution in [2.45, 2.75) is 32.1 Å². The van der Waals surface area contributed by atoms with Gasteiger partial charge in [0.15, 0.2) is 0 Å². The molecule has 0 aromatic heterocycles. The van der Waals surface area contributed by atoms with Gasteiger partial charge in [0.25, 0.3) is 0 Å². The van der Waals surface area contributed by atoms with Crippen molar-refractivity contribution in [2.75, 3.05) is 12.4 Å². The summed E-state index contributed by atoms with van der Waals surface area (Å²) in [5.74, 6) is 0.677. The van der Waals surface area contributed by atoms with Crippen LogP contribution in [-0.2, 0) is 4.84 Å². The van der Waals surface area contributed by atoms with E-state index in [-0.39, 0.29) is 0 Å². The van der Waals surface area contributed by atoms with E-state index in [1.165, 1.54) is 6.42 Å². The van der Waals surface area contributed by atoms with Gasteiger partial charge in [-0.25, -0.2) is 4.79 Å². The molecule has 1 aromatic carbocycles. The number of carbonyl (C=O) groups excluding carboxylic acids is 1. The van der Waals surface area contributed by atoms with Gasteiger partial charge < -0.3 is 4.74 Å². The fourth-order valence-electron chi connectivity index (χ4n) is 2.00. The molecule has 1 fully saturated rings. The summed E-state index contributed by atoms with van der Waals surface area (Å²) in [4.78, 5) is 16.4. The molecule has 0 aliphatic heterocycles. The Hall–Kier alpha value is -2.04. The van der Waals surface area contributed by atoms with Gasteiger partial charge in [-0.2, -0.15) is 0 Å². The first-order valence-electron chi connectivity index (χ1n) is 6.46. The number of rotatable bonds is 3. The van der Waals surface area contributed by atoms with Crippen molar-refractivity contribution in [1.29, 1.82) is 0 Å². The fraction of sp³-hybridized carbons (Fsp3) is 0.429. The molecule has 0 spiro atoms. The molecule has 0 bridgehead atoms. The van der Waals surface area contributed by atoms with Crippen molar-refractivity contribution in [3.63, 3.8) is 0 Å². The number of oxime groups is 1. The minimum absolute atomic E-state index is 0.577. The Kier molecular flexibility index (Phi) is 4.78. The summed E-state index contributed by atoms with van der Waals surface area (Å²) >= 11 is 0. The van der Waals surface area contributed by atoms with Crippen LogP contribution in [0.3, 0.4) is 0 Å². The Labute approximate surface area is 112 Å². The van der Waals surface area contributed by atoms with Crippen LogP contribution in [0.4, 0.5) is 10.5 Å². The maximum absolute atomic E-state index is 11.6. The van der Waals surface area contributed by atoms with Gasteiger partial charge in [0, 0.05) is 11.8 Å². The molecule has 1 aliphatic rings. The minimum Gasteiger partial charge on any atom is -0.497 e. The number of carbonyl (C=O) groups is 1. The Morgan fingerprint density at radius 3 is 2.79 bits per heavy atom. The molecule has 0 saturated heterocycles. The average molecular weight is 262 g/mol. The van der Waals surface area contributed by atoms with Gasteiger partial charge in [0.2, 0.25) is 0 Å². The fourth-order valence-corrected chi connectivity index (χ4v) is 2.00. The van der Waals surface area contributed by atoms with E-state index in [0.29, 0.717) is 11.4 Å². The molecule has 0 heterocycles. The molecule has 0 unspecified atom stereocenters. The molecular weight excluding hydrogens is 244 g/mol. The zero-order valence-corrected chi connectivity index (χ0v) is 11.0. The monoisotopic (exact) mass is 262 g/mol. The van der Waals surface area contributed by atoms with Gasteiger partial charge in [-0.1, -0.05) is 17.6 Å². The summed E-state index contributed by atoms with van der Waals surface area (Å²) < 4.78 is 5.07. The third kappa shape index (κ3) is 4.28. The Morgan fingerprint density at radius 2 is 2.05 bits per heavy atom. The van der Waals surface area contributed by atoms with Crippen LogP contribution in [0.5, 0.6) is 5.75 Å². The maximum atomic E-state index is 11.6. The van der Waals surface area contributed by atoms with Gasteiger partial charge >= 0.3 is 6.09 Å². The Morgan fingerprint density at radius 1 is 1.26 bits per heavy atom. The van der Waals surface area contributed by atoms with Crippen molar-refractivity contribution in [3.8, 4) is 5.75 Å². The van der Waals surface area contributed by atoms with Crippen LogP contribution in [0.25, 0.3) is 0 Å². The highest BCUT2D eigenvalue weighted by atomic mass is 16.7. The third-order valence-electron chi connectivity index (χ3n) is 3.00. The van der Waals surface area contributed by atoms with E-state index < -0.39 is 6.09 Å². The smallest absolute Gasteiger partial charge is 0.437 e. The van der Waals surface area contributed by atoms with Crippen LogP contribution in [0.15, 0.2) is 29.4 Å². The average Bonchev–Trinajstić information content (AvgIpc) is 2.46. The second kappa shape index (κ2) is 6.78. The molecule has 0 atom stereocenters. The summed E-state index contributed by atoms with van der Waals surface area (Å²) in [5.41, 5.74) is 1.58.